The maximum atomic E-state index is 12.1. The average Bonchev–Trinajstić information content (AvgIpc) is 2.65. The minimum atomic E-state index is 0.271. The first-order valence-electron chi connectivity index (χ1n) is 7.75. The summed E-state index contributed by atoms with van der Waals surface area (Å²) in [6.45, 7) is 3.74. The molecule has 3 N–H and O–H groups in total. The zero-order valence-electron chi connectivity index (χ0n) is 11.9. The summed E-state index contributed by atoms with van der Waals surface area (Å²) < 4.78 is 0. The van der Waals surface area contributed by atoms with E-state index in [1.807, 2.05) is 0 Å². The fourth-order valence-electron chi connectivity index (χ4n) is 2.92. The van der Waals surface area contributed by atoms with Crippen LogP contribution in [-0.2, 0) is 4.79 Å². The summed E-state index contributed by atoms with van der Waals surface area (Å²) in [4.78, 5) is 12.1. The van der Waals surface area contributed by atoms with Gasteiger partial charge in [0.1, 0.15) is 0 Å². The Balaban J connectivity index is 2.28. The van der Waals surface area contributed by atoms with Crippen molar-refractivity contribution < 1.29 is 4.79 Å². The largest absolute Gasteiger partial charge is 0.356 e. The van der Waals surface area contributed by atoms with Gasteiger partial charge in [0.05, 0.1) is 0 Å². The van der Waals surface area contributed by atoms with Gasteiger partial charge in [-0.05, 0) is 38.1 Å². The van der Waals surface area contributed by atoms with Crippen molar-refractivity contribution in [1.29, 1.82) is 0 Å². The van der Waals surface area contributed by atoms with E-state index >= 15 is 0 Å². The molecule has 106 valence electrons. The number of carbonyl (C=O) groups excluding carboxylic acids is 1. The molecule has 0 aliphatic heterocycles. The molecule has 0 saturated heterocycles. The topological polar surface area (TPSA) is 55.1 Å². The van der Waals surface area contributed by atoms with Crippen molar-refractivity contribution in [3.8, 4) is 0 Å². The lowest BCUT2D eigenvalue weighted by molar-refractivity contribution is -0.125. The van der Waals surface area contributed by atoms with Crippen LogP contribution < -0.4 is 11.1 Å². The molecule has 1 saturated carbocycles. The van der Waals surface area contributed by atoms with E-state index in [4.69, 9.17) is 5.73 Å². The monoisotopic (exact) mass is 254 g/mol. The lowest BCUT2D eigenvalue weighted by atomic mass is 9.97. The van der Waals surface area contributed by atoms with Gasteiger partial charge in [-0.1, -0.05) is 39.0 Å². The van der Waals surface area contributed by atoms with Gasteiger partial charge in [-0.25, -0.2) is 0 Å². The Morgan fingerprint density at radius 1 is 1.22 bits per heavy atom. The van der Waals surface area contributed by atoms with Crippen LogP contribution in [0.5, 0.6) is 0 Å². The third-order valence-corrected chi connectivity index (χ3v) is 4.06. The minimum absolute atomic E-state index is 0.271. The van der Waals surface area contributed by atoms with E-state index in [0.717, 1.165) is 32.4 Å². The molecule has 0 bridgehead atoms. The van der Waals surface area contributed by atoms with Gasteiger partial charge in [0.2, 0.25) is 5.91 Å². The fraction of sp³-hybridized carbons (Fsp3) is 0.933. The van der Waals surface area contributed by atoms with Crippen molar-refractivity contribution >= 4 is 5.91 Å². The Hall–Kier alpha value is -0.570. The van der Waals surface area contributed by atoms with E-state index in [1.54, 1.807) is 0 Å². The molecule has 0 aromatic rings. The number of hydrogen-bond donors (Lipinski definition) is 2. The van der Waals surface area contributed by atoms with Crippen molar-refractivity contribution in [3.63, 3.8) is 0 Å². The zero-order valence-corrected chi connectivity index (χ0v) is 11.9. The average molecular weight is 254 g/mol. The Labute approximate surface area is 112 Å². The van der Waals surface area contributed by atoms with E-state index in [0.29, 0.717) is 5.92 Å². The van der Waals surface area contributed by atoms with E-state index < -0.39 is 0 Å². The maximum Gasteiger partial charge on any atom is 0.223 e. The molecule has 1 aliphatic rings. The standard InChI is InChI=1S/C15H30N2O/c1-2-7-13(10-11-16)12-17-15(18)14-8-5-3-4-6-9-14/h13-14H,2-12,16H2,1H3,(H,17,18). The molecule has 0 spiro atoms. The molecule has 1 unspecified atom stereocenters. The van der Waals surface area contributed by atoms with Crippen molar-refractivity contribution in [3.05, 3.63) is 0 Å². The van der Waals surface area contributed by atoms with Gasteiger partial charge >= 0.3 is 0 Å². The SMILES string of the molecule is CCCC(CCN)CNC(=O)C1CCCCCC1. The molecule has 0 aromatic carbocycles. The van der Waals surface area contributed by atoms with Gasteiger partial charge in [-0.2, -0.15) is 0 Å². The van der Waals surface area contributed by atoms with Gasteiger partial charge in [0.25, 0.3) is 0 Å². The Morgan fingerprint density at radius 3 is 2.44 bits per heavy atom. The van der Waals surface area contributed by atoms with E-state index in [2.05, 4.69) is 12.2 Å². The van der Waals surface area contributed by atoms with Crippen molar-refractivity contribution in [2.24, 2.45) is 17.6 Å². The predicted molar refractivity (Wildman–Crippen MR) is 76.3 cm³/mol. The van der Waals surface area contributed by atoms with Crippen LogP contribution in [0.25, 0.3) is 0 Å². The molecule has 1 fully saturated rings. The van der Waals surface area contributed by atoms with Crippen LogP contribution >= 0.6 is 0 Å². The Morgan fingerprint density at radius 2 is 1.89 bits per heavy atom. The smallest absolute Gasteiger partial charge is 0.223 e. The van der Waals surface area contributed by atoms with E-state index in [1.165, 1.54) is 38.5 Å². The molecule has 1 atom stereocenters. The zero-order chi connectivity index (χ0) is 13.2. The van der Waals surface area contributed by atoms with E-state index in [9.17, 15) is 4.79 Å². The Kier molecular flexibility index (Phi) is 8.06. The first-order chi connectivity index (χ1) is 8.77. The minimum Gasteiger partial charge on any atom is -0.356 e. The molecule has 1 rings (SSSR count). The lowest BCUT2D eigenvalue weighted by Gasteiger charge is -2.19. The van der Waals surface area contributed by atoms with Gasteiger partial charge in [0.15, 0.2) is 0 Å². The molecule has 0 aromatic heterocycles. The lowest BCUT2D eigenvalue weighted by Crippen LogP contribution is -2.35. The van der Waals surface area contributed by atoms with Gasteiger partial charge < -0.3 is 11.1 Å². The van der Waals surface area contributed by atoms with E-state index in [-0.39, 0.29) is 11.8 Å². The van der Waals surface area contributed by atoms with Crippen LogP contribution in [0.1, 0.15) is 64.7 Å². The van der Waals surface area contributed by atoms with Crippen LogP contribution in [0, 0.1) is 11.8 Å². The summed E-state index contributed by atoms with van der Waals surface area (Å²) in [6.07, 6.45) is 10.6. The number of nitrogens with two attached hydrogens (primary N) is 1. The summed E-state index contributed by atoms with van der Waals surface area (Å²) in [7, 11) is 0. The summed E-state index contributed by atoms with van der Waals surface area (Å²) >= 11 is 0. The van der Waals surface area contributed by atoms with Crippen LogP contribution in [0.15, 0.2) is 0 Å². The Bertz CT molecular complexity index is 217. The summed E-state index contributed by atoms with van der Waals surface area (Å²) in [5.74, 6) is 1.12. The molecule has 3 nitrogen and oxygen atoms in total. The first-order valence-corrected chi connectivity index (χ1v) is 7.75. The van der Waals surface area contributed by atoms with Gasteiger partial charge in [-0.3, -0.25) is 4.79 Å². The highest BCUT2D eigenvalue weighted by Crippen LogP contribution is 2.23. The number of amides is 1. The number of nitrogens with one attached hydrogen (secondary N) is 1. The second-order valence-corrected chi connectivity index (χ2v) is 5.67. The van der Waals surface area contributed by atoms with Crippen molar-refractivity contribution in [2.75, 3.05) is 13.1 Å². The highest BCUT2D eigenvalue weighted by molar-refractivity contribution is 5.78. The predicted octanol–water partition coefficient (Wildman–Crippen LogP) is 2.84. The molecule has 0 radical (unpaired) electrons. The molecule has 1 aliphatic carbocycles. The highest BCUT2D eigenvalue weighted by Gasteiger charge is 2.20. The third kappa shape index (κ3) is 5.85. The first kappa shape index (κ1) is 15.5. The number of carbonyl (C=O) groups is 1. The fourth-order valence-corrected chi connectivity index (χ4v) is 2.92. The quantitative estimate of drug-likeness (QED) is 0.686. The molecular formula is C15H30N2O. The van der Waals surface area contributed by atoms with Crippen LogP contribution in [-0.4, -0.2) is 19.0 Å². The van der Waals surface area contributed by atoms with Crippen molar-refractivity contribution in [2.45, 2.75) is 64.7 Å². The summed E-state index contributed by atoms with van der Waals surface area (Å²) in [5.41, 5.74) is 5.62. The normalized spacial score (nSPS) is 19.2. The van der Waals surface area contributed by atoms with Crippen LogP contribution in [0.2, 0.25) is 0 Å². The maximum absolute atomic E-state index is 12.1. The second kappa shape index (κ2) is 9.37. The molecule has 3 heteroatoms. The van der Waals surface area contributed by atoms with Gasteiger partial charge in [-0.15, -0.1) is 0 Å². The highest BCUT2D eigenvalue weighted by atomic mass is 16.1. The molecule has 0 heterocycles. The van der Waals surface area contributed by atoms with Crippen LogP contribution in [0.4, 0.5) is 0 Å². The van der Waals surface area contributed by atoms with Crippen LogP contribution in [0.3, 0.4) is 0 Å². The number of rotatable bonds is 7. The van der Waals surface area contributed by atoms with Crippen molar-refractivity contribution in [1.82, 2.24) is 5.32 Å². The summed E-state index contributed by atoms with van der Waals surface area (Å²) in [6, 6.07) is 0. The number of hydrogen-bond acceptors (Lipinski definition) is 2. The molecule has 1 amide bonds. The second-order valence-electron chi connectivity index (χ2n) is 5.67. The molecular weight excluding hydrogens is 224 g/mol. The van der Waals surface area contributed by atoms with Gasteiger partial charge in [0, 0.05) is 12.5 Å². The summed E-state index contributed by atoms with van der Waals surface area (Å²) in [5, 5.41) is 3.16. The molecule has 18 heavy (non-hydrogen) atoms. The third-order valence-electron chi connectivity index (χ3n) is 4.06.